The fraction of sp³-hybridized carbons (Fsp3) is 0.0625. The molecular weight excluding hydrogens is 323 g/mol. The number of ketones is 1. The van der Waals surface area contributed by atoms with Crippen LogP contribution in [0.25, 0.3) is 10.9 Å². The highest BCUT2D eigenvalue weighted by Crippen LogP contribution is 2.14. The summed E-state index contributed by atoms with van der Waals surface area (Å²) >= 11 is 11.7. The Kier molecular flexibility index (Phi) is 3.96. The fourth-order valence-corrected chi connectivity index (χ4v) is 2.42. The van der Waals surface area contributed by atoms with Gasteiger partial charge in [0.15, 0.2) is 5.78 Å². The maximum atomic E-state index is 12.4. The van der Waals surface area contributed by atoms with E-state index >= 15 is 0 Å². The molecule has 0 aliphatic heterocycles. The molecule has 0 amide bonds. The van der Waals surface area contributed by atoms with Gasteiger partial charge in [0.1, 0.15) is 0 Å². The number of halogens is 2. The van der Waals surface area contributed by atoms with E-state index in [1.807, 2.05) is 0 Å². The van der Waals surface area contributed by atoms with Crippen LogP contribution in [0, 0.1) is 0 Å². The zero-order chi connectivity index (χ0) is 15.7. The monoisotopic (exact) mass is 332 g/mol. The molecule has 1 heterocycles. The van der Waals surface area contributed by atoms with Crippen LogP contribution in [0.4, 0.5) is 0 Å². The van der Waals surface area contributed by atoms with Crippen molar-refractivity contribution in [1.82, 2.24) is 9.55 Å². The van der Waals surface area contributed by atoms with Crippen LogP contribution in [0.15, 0.2) is 53.6 Å². The van der Waals surface area contributed by atoms with Crippen LogP contribution in [0.5, 0.6) is 0 Å². The first-order valence-electron chi connectivity index (χ1n) is 6.48. The van der Waals surface area contributed by atoms with Crippen LogP contribution in [0.2, 0.25) is 10.0 Å². The Labute approximate surface area is 135 Å². The molecule has 0 saturated heterocycles. The van der Waals surface area contributed by atoms with Crippen molar-refractivity contribution in [3.05, 3.63) is 74.8 Å². The lowest BCUT2D eigenvalue weighted by Crippen LogP contribution is -2.24. The number of hydrogen-bond donors (Lipinski definition) is 0. The molecule has 0 saturated carbocycles. The van der Waals surface area contributed by atoms with Gasteiger partial charge in [0.2, 0.25) is 0 Å². The van der Waals surface area contributed by atoms with Crippen molar-refractivity contribution < 1.29 is 4.79 Å². The smallest absolute Gasteiger partial charge is 0.261 e. The van der Waals surface area contributed by atoms with E-state index in [-0.39, 0.29) is 17.9 Å². The van der Waals surface area contributed by atoms with Crippen LogP contribution < -0.4 is 5.56 Å². The van der Waals surface area contributed by atoms with E-state index in [1.54, 1.807) is 42.5 Å². The van der Waals surface area contributed by atoms with Gasteiger partial charge in [-0.25, -0.2) is 4.98 Å². The van der Waals surface area contributed by atoms with E-state index in [9.17, 15) is 9.59 Å². The summed E-state index contributed by atoms with van der Waals surface area (Å²) in [4.78, 5) is 28.8. The van der Waals surface area contributed by atoms with E-state index in [0.29, 0.717) is 26.5 Å². The Balaban J connectivity index is 1.95. The average molecular weight is 333 g/mol. The standard InChI is InChI=1S/C16H10Cl2N2O2/c17-11-3-1-10(2-4-11)15(21)8-20-9-19-14-7-12(18)5-6-13(14)16(20)22/h1-7,9H,8H2. The van der Waals surface area contributed by atoms with Crippen molar-refractivity contribution in [2.24, 2.45) is 0 Å². The Morgan fingerprint density at radius 1 is 1.05 bits per heavy atom. The minimum absolute atomic E-state index is 0.0773. The predicted molar refractivity (Wildman–Crippen MR) is 86.8 cm³/mol. The third kappa shape index (κ3) is 2.89. The molecule has 3 rings (SSSR count). The first-order valence-corrected chi connectivity index (χ1v) is 7.23. The maximum absolute atomic E-state index is 12.4. The molecule has 0 bridgehead atoms. The minimum atomic E-state index is -0.274. The van der Waals surface area contributed by atoms with Crippen molar-refractivity contribution in [2.45, 2.75) is 6.54 Å². The van der Waals surface area contributed by atoms with Gasteiger partial charge in [-0.05, 0) is 42.5 Å². The molecule has 6 heteroatoms. The van der Waals surface area contributed by atoms with Gasteiger partial charge in [0.05, 0.1) is 23.8 Å². The Hall–Kier alpha value is -2.17. The number of Topliss-reactive ketones (excluding diaryl/α,β-unsaturated/α-hetero) is 1. The van der Waals surface area contributed by atoms with Crippen molar-refractivity contribution in [3.8, 4) is 0 Å². The SMILES string of the molecule is O=C(Cn1cnc2cc(Cl)ccc2c1=O)c1ccc(Cl)cc1. The van der Waals surface area contributed by atoms with Crippen LogP contribution in [0.1, 0.15) is 10.4 Å². The van der Waals surface area contributed by atoms with Gasteiger partial charge in [0, 0.05) is 15.6 Å². The van der Waals surface area contributed by atoms with E-state index in [0.717, 1.165) is 0 Å². The molecule has 0 radical (unpaired) electrons. The third-order valence-electron chi connectivity index (χ3n) is 3.27. The van der Waals surface area contributed by atoms with E-state index in [4.69, 9.17) is 23.2 Å². The molecule has 0 aliphatic rings. The quantitative estimate of drug-likeness (QED) is 0.689. The summed E-state index contributed by atoms with van der Waals surface area (Å²) in [5.41, 5.74) is 0.726. The van der Waals surface area contributed by atoms with Crippen molar-refractivity contribution in [1.29, 1.82) is 0 Å². The zero-order valence-electron chi connectivity index (χ0n) is 11.3. The van der Waals surface area contributed by atoms with Crippen molar-refractivity contribution in [2.75, 3.05) is 0 Å². The second-order valence-electron chi connectivity index (χ2n) is 4.77. The number of carbonyl (C=O) groups is 1. The summed E-state index contributed by atoms with van der Waals surface area (Å²) in [5, 5.41) is 1.49. The van der Waals surface area contributed by atoms with Crippen LogP contribution in [-0.2, 0) is 6.54 Å². The highest BCUT2D eigenvalue weighted by atomic mass is 35.5. The fourth-order valence-electron chi connectivity index (χ4n) is 2.13. The lowest BCUT2D eigenvalue weighted by Gasteiger charge is -2.06. The van der Waals surface area contributed by atoms with Gasteiger partial charge in [-0.1, -0.05) is 23.2 Å². The molecule has 0 spiro atoms. The lowest BCUT2D eigenvalue weighted by molar-refractivity contribution is 0.0970. The minimum Gasteiger partial charge on any atom is -0.292 e. The number of hydrogen-bond acceptors (Lipinski definition) is 3. The van der Waals surface area contributed by atoms with Crippen LogP contribution in [0.3, 0.4) is 0 Å². The summed E-state index contributed by atoms with van der Waals surface area (Å²) in [6.45, 7) is -0.0773. The number of fused-ring (bicyclic) bond motifs is 1. The average Bonchev–Trinajstić information content (AvgIpc) is 2.50. The highest BCUT2D eigenvalue weighted by Gasteiger charge is 2.10. The van der Waals surface area contributed by atoms with E-state index in [1.165, 1.54) is 10.9 Å². The van der Waals surface area contributed by atoms with Gasteiger partial charge < -0.3 is 0 Å². The summed E-state index contributed by atoms with van der Waals surface area (Å²) < 4.78 is 1.28. The second kappa shape index (κ2) is 5.91. The second-order valence-corrected chi connectivity index (χ2v) is 5.64. The van der Waals surface area contributed by atoms with Crippen molar-refractivity contribution in [3.63, 3.8) is 0 Å². The topological polar surface area (TPSA) is 52.0 Å². The van der Waals surface area contributed by atoms with Gasteiger partial charge in [-0.15, -0.1) is 0 Å². The molecule has 0 atom stereocenters. The molecule has 4 nitrogen and oxygen atoms in total. The molecular formula is C16H10Cl2N2O2. The Morgan fingerprint density at radius 2 is 1.73 bits per heavy atom. The molecule has 22 heavy (non-hydrogen) atoms. The van der Waals surface area contributed by atoms with Gasteiger partial charge in [-0.3, -0.25) is 14.2 Å². The number of aromatic nitrogens is 2. The Morgan fingerprint density at radius 3 is 2.45 bits per heavy atom. The molecule has 110 valence electrons. The number of benzene rings is 2. The molecule has 1 aromatic heterocycles. The maximum Gasteiger partial charge on any atom is 0.261 e. The first-order chi connectivity index (χ1) is 10.5. The van der Waals surface area contributed by atoms with Gasteiger partial charge in [0.25, 0.3) is 5.56 Å². The largest absolute Gasteiger partial charge is 0.292 e. The molecule has 0 N–H and O–H groups in total. The van der Waals surface area contributed by atoms with Crippen LogP contribution in [-0.4, -0.2) is 15.3 Å². The van der Waals surface area contributed by atoms with E-state index < -0.39 is 0 Å². The first kappa shape index (κ1) is 14.8. The summed E-state index contributed by atoms with van der Waals surface area (Å²) in [6.07, 6.45) is 1.36. The van der Waals surface area contributed by atoms with Gasteiger partial charge >= 0.3 is 0 Å². The molecule has 3 aromatic rings. The number of carbonyl (C=O) groups excluding carboxylic acids is 1. The summed E-state index contributed by atoms with van der Waals surface area (Å²) in [5.74, 6) is -0.186. The molecule has 0 aliphatic carbocycles. The molecule has 2 aromatic carbocycles. The molecule has 0 unspecified atom stereocenters. The predicted octanol–water partition coefficient (Wildman–Crippen LogP) is 3.59. The summed E-state index contributed by atoms with van der Waals surface area (Å²) in [7, 11) is 0. The highest BCUT2D eigenvalue weighted by molar-refractivity contribution is 6.31. The third-order valence-corrected chi connectivity index (χ3v) is 3.75. The number of nitrogens with zero attached hydrogens (tertiary/aromatic N) is 2. The van der Waals surface area contributed by atoms with Crippen molar-refractivity contribution >= 4 is 39.9 Å². The zero-order valence-corrected chi connectivity index (χ0v) is 12.8. The lowest BCUT2D eigenvalue weighted by atomic mass is 10.1. The molecule has 0 fully saturated rings. The normalized spacial score (nSPS) is 10.8. The summed E-state index contributed by atoms with van der Waals surface area (Å²) in [6, 6.07) is 11.4. The van der Waals surface area contributed by atoms with Gasteiger partial charge in [-0.2, -0.15) is 0 Å². The van der Waals surface area contributed by atoms with Crippen LogP contribution >= 0.6 is 23.2 Å². The van der Waals surface area contributed by atoms with E-state index in [2.05, 4.69) is 4.98 Å². The Bertz CT molecular complexity index is 918. The number of rotatable bonds is 3.